The number of thiazole rings is 1. The van der Waals surface area contributed by atoms with E-state index in [1.807, 2.05) is 49.0 Å². The number of amides is 1. The molecular weight excluding hydrogens is 320 g/mol. The van der Waals surface area contributed by atoms with Crippen LogP contribution >= 0.6 is 11.3 Å². The number of carbonyl (C=O) groups is 1. The maximum atomic E-state index is 12.4. The second-order valence-electron chi connectivity index (χ2n) is 5.65. The van der Waals surface area contributed by atoms with E-state index in [2.05, 4.69) is 17.3 Å². The summed E-state index contributed by atoms with van der Waals surface area (Å²) >= 11 is 1.58. The molecule has 24 heavy (non-hydrogen) atoms. The van der Waals surface area contributed by atoms with Crippen LogP contribution in [0.2, 0.25) is 0 Å². The molecule has 5 nitrogen and oxygen atoms in total. The first-order valence-corrected chi connectivity index (χ1v) is 8.85. The fourth-order valence-corrected chi connectivity index (χ4v) is 3.42. The first kappa shape index (κ1) is 16.4. The van der Waals surface area contributed by atoms with Gasteiger partial charge in [-0.2, -0.15) is 5.10 Å². The molecule has 2 aromatic heterocycles. The normalized spacial score (nSPS) is 12.1. The van der Waals surface area contributed by atoms with Gasteiger partial charge >= 0.3 is 0 Å². The molecule has 2 heterocycles. The third-order valence-corrected chi connectivity index (χ3v) is 4.70. The van der Waals surface area contributed by atoms with Crippen LogP contribution in [0.25, 0.3) is 11.3 Å². The Hall–Kier alpha value is -2.47. The molecule has 0 fully saturated rings. The highest BCUT2D eigenvalue weighted by atomic mass is 32.1. The number of aryl methyl sites for hydroxylation is 1. The lowest BCUT2D eigenvalue weighted by Gasteiger charge is -2.15. The number of nitrogens with zero attached hydrogens (tertiary/aromatic N) is 3. The smallest absolute Gasteiger partial charge is 0.251 e. The highest BCUT2D eigenvalue weighted by Crippen LogP contribution is 2.27. The molecule has 0 aliphatic heterocycles. The van der Waals surface area contributed by atoms with Crippen LogP contribution in [0.4, 0.5) is 0 Å². The van der Waals surface area contributed by atoms with Gasteiger partial charge in [0.25, 0.3) is 5.91 Å². The molecule has 0 bridgehead atoms. The van der Waals surface area contributed by atoms with E-state index < -0.39 is 0 Å². The number of nitrogens with one attached hydrogen (secondary N) is 1. The molecule has 1 amide bonds. The van der Waals surface area contributed by atoms with E-state index in [0.717, 1.165) is 29.1 Å². The summed E-state index contributed by atoms with van der Waals surface area (Å²) in [6, 6.07) is 9.21. The van der Waals surface area contributed by atoms with Gasteiger partial charge in [0.05, 0.1) is 17.9 Å². The fourth-order valence-electron chi connectivity index (χ4n) is 2.51. The first-order chi connectivity index (χ1) is 11.7. The van der Waals surface area contributed by atoms with Gasteiger partial charge in [-0.25, -0.2) is 4.98 Å². The number of hydrogen-bond acceptors (Lipinski definition) is 4. The Balaban J connectivity index is 1.78. The van der Waals surface area contributed by atoms with E-state index in [9.17, 15) is 4.79 Å². The summed E-state index contributed by atoms with van der Waals surface area (Å²) < 4.78 is 1.76. The van der Waals surface area contributed by atoms with Crippen LogP contribution in [0.3, 0.4) is 0 Å². The van der Waals surface area contributed by atoms with E-state index in [-0.39, 0.29) is 11.9 Å². The molecule has 3 aromatic rings. The van der Waals surface area contributed by atoms with Gasteiger partial charge in [-0.1, -0.05) is 31.5 Å². The molecule has 0 saturated heterocycles. The third kappa shape index (κ3) is 3.71. The maximum Gasteiger partial charge on any atom is 0.251 e. The first-order valence-electron chi connectivity index (χ1n) is 7.97. The summed E-state index contributed by atoms with van der Waals surface area (Å²) in [5, 5.41) is 10.2. The van der Waals surface area contributed by atoms with Gasteiger partial charge in [0.2, 0.25) is 0 Å². The summed E-state index contributed by atoms with van der Waals surface area (Å²) in [5.74, 6) is -0.0628. The van der Waals surface area contributed by atoms with Gasteiger partial charge in [-0.15, -0.1) is 11.3 Å². The zero-order chi connectivity index (χ0) is 16.9. The summed E-state index contributed by atoms with van der Waals surface area (Å²) in [6.45, 7) is 2.11. The van der Waals surface area contributed by atoms with Crippen molar-refractivity contribution in [3.63, 3.8) is 0 Å². The Bertz CT molecular complexity index is 809. The van der Waals surface area contributed by atoms with Crippen molar-refractivity contribution in [2.75, 3.05) is 0 Å². The van der Waals surface area contributed by atoms with Crippen LogP contribution in [0.1, 0.15) is 41.2 Å². The van der Waals surface area contributed by atoms with Crippen molar-refractivity contribution in [2.45, 2.75) is 25.8 Å². The number of hydrogen-bond donors (Lipinski definition) is 1. The summed E-state index contributed by atoms with van der Waals surface area (Å²) in [5.41, 5.74) is 2.56. The van der Waals surface area contributed by atoms with E-state index in [0.29, 0.717) is 5.56 Å². The predicted molar refractivity (Wildman–Crippen MR) is 95.9 cm³/mol. The quantitative estimate of drug-likeness (QED) is 0.742. The van der Waals surface area contributed by atoms with E-state index in [1.165, 1.54) is 0 Å². The number of carbonyl (C=O) groups excluding carboxylic acids is 1. The van der Waals surface area contributed by atoms with Crippen molar-refractivity contribution in [1.29, 1.82) is 0 Å². The predicted octanol–water partition coefficient (Wildman–Crippen LogP) is 3.81. The van der Waals surface area contributed by atoms with Crippen LogP contribution in [0.5, 0.6) is 0 Å². The molecule has 6 heteroatoms. The van der Waals surface area contributed by atoms with Crippen molar-refractivity contribution in [3.8, 4) is 11.3 Å². The van der Waals surface area contributed by atoms with Crippen LogP contribution in [0, 0.1) is 0 Å². The largest absolute Gasteiger partial charge is 0.343 e. The number of rotatable bonds is 6. The minimum absolute atomic E-state index is 0.0628. The summed E-state index contributed by atoms with van der Waals surface area (Å²) in [6.07, 6.45) is 5.58. The van der Waals surface area contributed by atoms with Gasteiger partial charge in [-0.05, 0) is 18.6 Å². The minimum Gasteiger partial charge on any atom is -0.343 e. The van der Waals surface area contributed by atoms with Crippen molar-refractivity contribution in [2.24, 2.45) is 7.05 Å². The van der Waals surface area contributed by atoms with Gasteiger partial charge in [-0.3, -0.25) is 9.48 Å². The Morgan fingerprint density at radius 3 is 2.79 bits per heavy atom. The highest BCUT2D eigenvalue weighted by Gasteiger charge is 2.19. The second-order valence-corrected chi connectivity index (χ2v) is 6.54. The zero-order valence-corrected chi connectivity index (χ0v) is 14.6. The Kier molecular flexibility index (Phi) is 5.05. The van der Waals surface area contributed by atoms with Gasteiger partial charge < -0.3 is 5.32 Å². The van der Waals surface area contributed by atoms with Crippen molar-refractivity contribution < 1.29 is 4.79 Å². The minimum atomic E-state index is -0.0712. The van der Waals surface area contributed by atoms with E-state index >= 15 is 0 Å². The third-order valence-electron chi connectivity index (χ3n) is 3.74. The van der Waals surface area contributed by atoms with Crippen molar-refractivity contribution in [1.82, 2.24) is 20.1 Å². The molecule has 1 aromatic carbocycles. The standard InChI is InChI=1S/C18H20N4OS/c1-3-7-15(20-17(23)13-8-5-4-6-9-13)18-21-16(12-24-18)14-10-19-22(2)11-14/h4-6,8-12,15H,3,7H2,1-2H3,(H,20,23). The Morgan fingerprint density at radius 2 is 2.12 bits per heavy atom. The molecule has 0 saturated carbocycles. The van der Waals surface area contributed by atoms with E-state index in [4.69, 9.17) is 4.98 Å². The molecule has 3 rings (SSSR count). The lowest BCUT2D eigenvalue weighted by molar-refractivity contribution is 0.0934. The number of benzene rings is 1. The number of aromatic nitrogens is 3. The highest BCUT2D eigenvalue weighted by molar-refractivity contribution is 7.10. The van der Waals surface area contributed by atoms with Crippen molar-refractivity contribution >= 4 is 17.2 Å². The van der Waals surface area contributed by atoms with Crippen LogP contribution < -0.4 is 5.32 Å². The van der Waals surface area contributed by atoms with Gasteiger partial charge in [0, 0.05) is 29.8 Å². The summed E-state index contributed by atoms with van der Waals surface area (Å²) in [4.78, 5) is 17.1. The average Bonchev–Trinajstić information content (AvgIpc) is 3.24. The lowest BCUT2D eigenvalue weighted by atomic mass is 10.1. The Labute approximate surface area is 145 Å². The lowest BCUT2D eigenvalue weighted by Crippen LogP contribution is -2.28. The SMILES string of the molecule is CCCC(NC(=O)c1ccccc1)c1nc(-c2cnn(C)c2)cs1. The molecular formula is C18H20N4OS. The second kappa shape index (κ2) is 7.40. The van der Waals surface area contributed by atoms with Gasteiger partial charge in [0.1, 0.15) is 5.01 Å². The Morgan fingerprint density at radius 1 is 1.33 bits per heavy atom. The fraction of sp³-hybridized carbons (Fsp3) is 0.278. The maximum absolute atomic E-state index is 12.4. The van der Waals surface area contributed by atoms with E-state index in [1.54, 1.807) is 22.2 Å². The molecule has 1 atom stereocenters. The van der Waals surface area contributed by atoms with Crippen LogP contribution in [-0.4, -0.2) is 20.7 Å². The molecule has 0 spiro atoms. The van der Waals surface area contributed by atoms with Gasteiger partial charge in [0.15, 0.2) is 0 Å². The van der Waals surface area contributed by atoms with Crippen LogP contribution in [0.15, 0.2) is 48.1 Å². The zero-order valence-electron chi connectivity index (χ0n) is 13.8. The topological polar surface area (TPSA) is 59.8 Å². The molecule has 0 aliphatic carbocycles. The molecule has 0 aliphatic rings. The molecule has 1 unspecified atom stereocenters. The van der Waals surface area contributed by atoms with Crippen molar-refractivity contribution in [3.05, 3.63) is 58.7 Å². The summed E-state index contributed by atoms with van der Waals surface area (Å²) in [7, 11) is 1.89. The monoisotopic (exact) mass is 340 g/mol. The van der Waals surface area contributed by atoms with Crippen LogP contribution in [-0.2, 0) is 7.05 Å². The molecule has 0 radical (unpaired) electrons. The molecule has 124 valence electrons. The molecule has 1 N–H and O–H groups in total. The average molecular weight is 340 g/mol.